The van der Waals surface area contributed by atoms with Gasteiger partial charge in [-0.05, 0) is 5.56 Å². The second-order valence-corrected chi connectivity index (χ2v) is 3.63. The van der Waals surface area contributed by atoms with Gasteiger partial charge in [0.05, 0.1) is 5.75 Å². The van der Waals surface area contributed by atoms with Crippen LogP contribution >= 0.6 is 0 Å². The lowest BCUT2D eigenvalue weighted by atomic mass is 10.1. The molecule has 0 saturated heterocycles. The van der Waals surface area contributed by atoms with Crippen LogP contribution in [-0.4, -0.2) is 19.6 Å². The minimum atomic E-state index is -2.36. The fraction of sp³-hybridized carbons (Fsp3) is 0.250. The average Bonchev–Trinajstić information content (AvgIpc) is 2.04. The Hall–Kier alpha value is -0.750. The van der Waals surface area contributed by atoms with Crippen molar-refractivity contribution in [1.29, 1.82) is 0 Å². The van der Waals surface area contributed by atoms with Crippen molar-refractivity contribution < 1.29 is 13.9 Å². The first kappa shape index (κ1) is 10.3. The minimum Gasteiger partial charge on any atom is -0.772 e. The van der Waals surface area contributed by atoms with Gasteiger partial charge in [0.2, 0.25) is 0 Å². The Morgan fingerprint density at radius 2 is 2.00 bits per heavy atom. The Bertz CT molecular complexity index is 300. The normalized spacial score (nSPS) is 17.8. The van der Waals surface area contributed by atoms with Gasteiger partial charge in [-0.15, -0.1) is 0 Å². The minimum absolute atomic E-state index is 0.388. The summed E-state index contributed by atoms with van der Waals surface area (Å²) in [5.74, 6) is -0.503. The summed E-state index contributed by atoms with van der Waals surface area (Å²) < 4.78 is 20.7. The van der Waals surface area contributed by atoms with Crippen LogP contribution in [0.5, 0.6) is 0 Å². The molecule has 0 bridgehead atoms. The smallest absolute Gasteiger partial charge is 0.150 e. The third kappa shape index (κ3) is 2.89. The van der Waals surface area contributed by atoms with Gasteiger partial charge in [0.1, 0.15) is 5.72 Å². The maximum Gasteiger partial charge on any atom is 0.150 e. The highest BCUT2D eigenvalue weighted by atomic mass is 32.2. The highest BCUT2D eigenvalue weighted by Gasteiger charge is 2.23. The third-order valence-electron chi connectivity index (χ3n) is 1.61. The maximum atomic E-state index is 10.3. The van der Waals surface area contributed by atoms with Crippen LogP contribution in [0.3, 0.4) is 0 Å². The standard InChI is InChI=1S/C8H11NO3S/c9-8(10,6-13(11)12)7-4-2-1-3-5-7/h1-5,10H,6,9H2,(H,11,12)/p-1. The molecule has 0 aliphatic heterocycles. The molecule has 0 radical (unpaired) electrons. The molecule has 0 fully saturated rings. The molecule has 0 heterocycles. The van der Waals surface area contributed by atoms with E-state index in [1.807, 2.05) is 0 Å². The van der Waals surface area contributed by atoms with Gasteiger partial charge in [-0.3, -0.25) is 9.94 Å². The van der Waals surface area contributed by atoms with Gasteiger partial charge in [0.25, 0.3) is 0 Å². The molecule has 2 atom stereocenters. The van der Waals surface area contributed by atoms with Crippen LogP contribution in [0.1, 0.15) is 5.56 Å². The van der Waals surface area contributed by atoms with Crippen molar-refractivity contribution in [2.45, 2.75) is 5.72 Å². The largest absolute Gasteiger partial charge is 0.772 e. The van der Waals surface area contributed by atoms with Gasteiger partial charge in [0.15, 0.2) is 0 Å². The van der Waals surface area contributed by atoms with Crippen molar-refractivity contribution in [2.75, 3.05) is 5.75 Å². The maximum absolute atomic E-state index is 10.3. The van der Waals surface area contributed by atoms with Crippen molar-refractivity contribution >= 4 is 11.1 Å². The van der Waals surface area contributed by atoms with Crippen molar-refractivity contribution in [3.8, 4) is 0 Å². The molecule has 2 unspecified atom stereocenters. The first-order chi connectivity index (χ1) is 6.02. The van der Waals surface area contributed by atoms with Crippen molar-refractivity contribution in [3.63, 3.8) is 0 Å². The molecule has 13 heavy (non-hydrogen) atoms. The zero-order valence-corrected chi connectivity index (χ0v) is 7.66. The van der Waals surface area contributed by atoms with E-state index in [1.54, 1.807) is 30.3 Å². The Morgan fingerprint density at radius 1 is 1.46 bits per heavy atom. The molecular weight excluding hydrogens is 190 g/mol. The number of nitrogens with two attached hydrogens (primary N) is 1. The Morgan fingerprint density at radius 3 is 2.46 bits per heavy atom. The van der Waals surface area contributed by atoms with Crippen LogP contribution in [0, 0.1) is 0 Å². The van der Waals surface area contributed by atoms with Gasteiger partial charge in [0, 0.05) is 0 Å². The van der Waals surface area contributed by atoms with Crippen molar-refractivity contribution in [3.05, 3.63) is 35.9 Å². The van der Waals surface area contributed by atoms with E-state index in [1.165, 1.54) is 0 Å². The van der Waals surface area contributed by atoms with Crippen LogP contribution in [0.4, 0.5) is 0 Å². The highest BCUT2D eigenvalue weighted by molar-refractivity contribution is 7.79. The van der Waals surface area contributed by atoms with Gasteiger partial charge in [-0.1, -0.05) is 41.4 Å². The lowest BCUT2D eigenvalue weighted by Gasteiger charge is -2.24. The fourth-order valence-corrected chi connectivity index (χ4v) is 1.52. The molecule has 4 nitrogen and oxygen atoms in total. The zero-order chi connectivity index (χ0) is 9.90. The predicted molar refractivity (Wildman–Crippen MR) is 48.3 cm³/mol. The van der Waals surface area contributed by atoms with E-state index in [0.29, 0.717) is 5.56 Å². The molecule has 0 aliphatic rings. The van der Waals surface area contributed by atoms with Crippen molar-refractivity contribution in [2.24, 2.45) is 5.73 Å². The number of hydrogen-bond acceptors (Lipinski definition) is 4. The summed E-state index contributed by atoms with van der Waals surface area (Å²) in [7, 11) is 0. The summed E-state index contributed by atoms with van der Waals surface area (Å²) in [5.41, 5.74) is 3.99. The average molecular weight is 200 g/mol. The quantitative estimate of drug-likeness (QED) is 0.516. The molecule has 72 valence electrons. The molecule has 0 aliphatic carbocycles. The molecule has 0 aromatic heterocycles. The monoisotopic (exact) mass is 200 g/mol. The molecule has 0 amide bonds. The summed E-state index contributed by atoms with van der Waals surface area (Å²) in [6.07, 6.45) is 0. The lowest BCUT2D eigenvalue weighted by molar-refractivity contribution is 0.0677. The molecule has 1 aromatic rings. The van der Waals surface area contributed by atoms with E-state index in [2.05, 4.69) is 0 Å². The van der Waals surface area contributed by atoms with E-state index >= 15 is 0 Å². The van der Waals surface area contributed by atoms with Crippen LogP contribution in [0.15, 0.2) is 30.3 Å². The van der Waals surface area contributed by atoms with E-state index in [0.717, 1.165) is 0 Å². The number of rotatable bonds is 3. The third-order valence-corrected chi connectivity index (χ3v) is 2.29. The van der Waals surface area contributed by atoms with E-state index in [-0.39, 0.29) is 0 Å². The second-order valence-electron chi connectivity index (χ2n) is 2.74. The first-order valence-electron chi connectivity index (χ1n) is 3.65. The summed E-state index contributed by atoms with van der Waals surface area (Å²) in [6.45, 7) is 0. The van der Waals surface area contributed by atoms with Crippen LogP contribution < -0.4 is 5.73 Å². The fourth-order valence-electron chi connectivity index (χ4n) is 0.990. The Balaban J connectivity index is 2.87. The first-order valence-corrected chi connectivity index (χ1v) is 4.89. The van der Waals surface area contributed by atoms with E-state index in [4.69, 9.17) is 5.73 Å². The summed E-state index contributed by atoms with van der Waals surface area (Å²) in [6, 6.07) is 8.27. The highest BCUT2D eigenvalue weighted by Crippen LogP contribution is 2.14. The molecule has 0 saturated carbocycles. The Kier molecular flexibility index (Phi) is 3.16. The van der Waals surface area contributed by atoms with E-state index < -0.39 is 22.6 Å². The van der Waals surface area contributed by atoms with Gasteiger partial charge < -0.3 is 9.66 Å². The van der Waals surface area contributed by atoms with Gasteiger partial charge >= 0.3 is 0 Å². The van der Waals surface area contributed by atoms with E-state index in [9.17, 15) is 13.9 Å². The molecular formula is C8H10NO3S-. The predicted octanol–water partition coefficient (Wildman–Crippen LogP) is -0.331. The lowest BCUT2D eigenvalue weighted by Crippen LogP contribution is -2.41. The topological polar surface area (TPSA) is 86.4 Å². The van der Waals surface area contributed by atoms with Crippen molar-refractivity contribution in [1.82, 2.24) is 0 Å². The number of hydrogen-bond donors (Lipinski definition) is 2. The van der Waals surface area contributed by atoms with Gasteiger partial charge in [-0.2, -0.15) is 0 Å². The zero-order valence-electron chi connectivity index (χ0n) is 6.84. The number of aliphatic hydroxyl groups is 1. The summed E-state index contributed by atoms with van der Waals surface area (Å²) in [4.78, 5) is 0. The molecule has 1 rings (SSSR count). The van der Waals surface area contributed by atoms with Crippen LogP contribution in [0.2, 0.25) is 0 Å². The molecule has 1 aromatic carbocycles. The number of benzene rings is 1. The Labute approximate surface area is 78.7 Å². The SMILES string of the molecule is NC(O)(CS(=O)[O-])c1ccccc1. The molecule has 3 N–H and O–H groups in total. The van der Waals surface area contributed by atoms with Crippen LogP contribution in [-0.2, 0) is 16.8 Å². The summed E-state index contributed by atoms with van der Waals surface area (Å²) >= 11 is -2.36. The summed E-state index contributed by atoms with van der Waals surface area (Å²) in [5, 5.41) is 9.54. The molecule has 0 spiro atoms. The molecule has 5 heteroatoms. The van der Waals surface area contributed by atoms with Crippen LogP contribution in [0.25, 0.3) is 0 Å². The van der Waals surface area contributed by atoms with Gasteiger partial charge in [-0.25, -0.2) is 0 Å². The second kappa shape index (κ2) is 3.97.